The van der Waals surface area contributed by atoms with E-state index in [9.17, 15) is 14.1 Å². The number of ether oxygens (including phenoxy) is 1. The summed E-state index contributed by atoms with van der Waals surface area (Å²) in [4.78, 5) is 28.1. The van der Waals surface area contributed by atoms with Gasteiger partial charge in [0.2, 0.25) is 0 Å². The van der Waals surface area contributed by atoms with Crippen LogP contribution in [-0.2, 0) is 16.0 Å². The SMILES string of the molecule is C[S+]([O-])c1csc(NC(=O)c2ccc(OC(=O)C(C)(C)C)cc2)n1. The summed E-state index contributed by atoms with van der Waals surface area (Å²) in [6, 6.07) is 6.25. The second-order valence-electron chi connectivity index (χ2n) is 6.06. The van der Waals surface area contributed by atoms with Gasteiger partial charge in [-0.2, -0.15) is 4.98 Å². The topological polar surface area (TPSA) is 91.4 Å². The van der Waals surface area contributed by atoms with Crippen molar-refractivity contribution in [1.29, 1.82) is 0 Å². The van der Waals surface area contributed by atoms with Crippen LogP contribution in [0.5, 0.6) is 5.75 Å². The average molecular weight is 366 g/mol. The first kappa shape index (κ1) is 18.4. The maximum Gasteiger partial charge on any atom is 0.316 e. The minimum atomic E-state index is -1.18. The van der Waals surface area contributed by atoms with Crippen LogP contribution < -0.4 is 10.1 Å². The first-order valence-electron chi connectivity index (χ1n) is 7.09. The number of nitrogens with zero attached hydrogens (tertiary/aromatic N) is 1. The number of rotatable bonds is 4. The van der Waals surface area contributed by atoms with Gasteiger partial charge in [0, 0.05) is 16.7 Å². The largest absolute Gasteiger partial charge is 0.610 e. The summed E-state index contributed by atoms with van der Waals surface area (Å²) in [6.07, 6.45) is 1.53. The highest BCUT2D eigenvalue weighted by molar-refractivity contribution is 7.90. The summed E-state index contributed by atoms with van der Waals surface area (Å²) in [5.41, 5.74) is -0.197. The third kappa shape index (κ3) is 4.80. The van der Waals surface area contributed by atoms with Crippen molar-refractivity contribution in [2.24, 2.45) is 5.41 Å². The fourth-order valence-corrected chi connectivity index (χ4v) is 3.08. The third-order valence-electron chi connectivity index (χ3n) is 2.94. The molecule has 24 heavy (non-hydrogen) atoms. The Hall–Kier alpha value is -1.90. The monoisotopic (exact) mass is 366 g/mol. The highest BCUT2D eigenvalue weighted by Gasteiger charge is 2.23. The highest BCUT2D eigenvalue weighted by Crippen LogP contribution is 2.22. The molecule has 2 aromatic rings. The molecule has 1 N–H and O–H groups in total. The summed E-state index contributed by atoms with van der Waals surface area (Å²) in [6.45, 7) is 5.30. The lowest BCUT2D eigenvalue weighted by Crippen LogP contribution is -2.25. The van der Waals surface area contributed by atoms with Crippen LogP contribution in [0.1, 0.15) is 31.1 Å². The molecule has 6 nitrogen and oxygen atoms in total. The predicted octanol–water partition coefficient (Wildman–Crippen LogP) is 3.08. The summed E-state index contributed by atoms with van der Waals surface area (Å²) in [7, 11) is 0. The molecule has 1 heterocycles. The van der Waals surface area contributed by atoms with E-state index in [0.29, 0.717) is 21.5 Å². The van der Waals surface area contributed by atoms with Crippen molar-refractivity contribution < 1.29 is 18.9 Å². The van der Waals surface area contributed by atoms with Crippen LogP contribution in [-0.4, -0.2) is 27.7 Å². The number of hydrogen-bond donors (Lipinski definition) is 1. The zero-order chi connectivity index (χ0) is 17.9. The van der Waals surface area contributed by atoms with Gasteiger partial charge in [0.1, 0.15) is 12.0 Å². The Kier molecular flexibility index (Phi) is 5.63. The number of carbonyl (C=O) groups is 2. The molecule has 1 unspecified atom stereocenters. The smallest absolute Gasteiger partial charge is 0.316 e. The Morgan fingerprint density at radius 3 is 2.38 bits per heavy atom. The normalized spacial score (nSPS) is 12.5. The number of carbonyl (C=O) groups excluding carboxylic acids is 2. The second-order valence-corrected chi connectivity index (χ2v) is 8.25. The van der Waals surface area contributed by atoms with Crippen LogP contribution in [0.3, 0.4) is 0 Å². The summed E-state index contributed by atoms with van der Waals surface area (Å²) in [5.74, 6) is -0.307. The van der Waals surface area contributed by atoms with Crippen LogP contribution in [0.4, 0.5) is 5.13 Å². The summed E-state index contributed by atoms with van der Waals surface area (Å²) < 4.78 is 16.6. The molecular formula is C16H18N2O4S2. The molecular weight excluding hydrogens is 348 g/mol. The fraction of sp³-hybridized carbons (Fsp3) is 0.312. The number of hydrogen-bond acceptors (Lipinski definition) is 6. The van der Waals surface area contributed by atoms with Gasteiger partial charge in [0.15, 0.2) is 5.13 Å². The van der Waals surface area contributed by atoms with Crippen LogP contribution in [0.15, 0.2) is 34.7 Å². The van der Waals surface area contributed by atoms with Crippen LogP contribution >= 0.6 is 11.3 Å². The Bertz CT molecular complexity index is 733. The number of esters is 1. The number of amides is 1. The van der Waals surface area contributed by atoms with Gasteiger partial charge in [-0.1, -0.05) is 11.3 Å². The van der Waals surface area contributed by atoms with Crippen molar-refractivity contribution in [2.75, 3.05) is 11.6 Å². The number of thiazole rings is 1. The van der Waals surface area contributed by atoms with E-state index < -0.39 is 16.6 Å². The summed E-state index contributed by atoms with van der Waals surface area (Å²) >= 11 is 0.0254. The molecule has 0 saturated heterocycles. The Labute approximate surface area is 147 Å². The fourth-order valence-electron chi connectivity index (χ4n) is 1.55. The van der Waals surface area contributed by atoms with E-state index in [-0.39, 0.29) is 11.9 Å². The molecule has 8 heteroatoms. The van der Waals surface area contributed by atoms with E-state index >= 15 is 0 Å². The number of benzene rings is 1. The lowest BCUT2D eigenvalue weighted by molar-refractivity contribution is -0.142. The molecule has 128 valence electrons. The van der Waals surface area contributed by atoms with Gasteiger partial charge in [-0.05, 0) is 45.0 Å². The first-order valence-corrected chi connectivity index (χ1v) is 9.53. The average Bonchev–Trinajstić information content (AvgIpc) is 2.95. The minimum Gasteiger partial charge on any atom is -0.610 e. The molecule has 0 spiro atoms. The molecule has 0 aliphatic carbocycles. The van der Waals surface area contributed by atoms with E-state index in [1.165, 1.54) is 17.6 Å². The predicted molar refractivity (Wildman–Crippen MR) is 93.9 cm³/mol. The Morgan fingerprint density at radius 2 is 1.88 bits per heavy atom. The third-order valence-corrected chi connectivity index (χ3v) is 4.64. The Morgan fingerprint density at radius 1 is 1.25 bits per heavy atom. The highest BCUT2D eigenvalue weighted by atomic mass is 32.2. The van der Waals surface area contributed by atoms with E-state index in [1.54, 1.807) is 50.4 Å². The zero-order valence-corrected chi connectivity index (χ0v) is 15.4. The van der Waals surface area contributed by atoms with Crippen molar-refractivity contribution in [3.8, 4) is 5.75 Å². The number of aromatic nitrogens is 1. The standard InChI is InChI=1S/C16H18N2O4S2/c1-16(2,3)14(20)22-11-7-5-10(6-8-11)13(19)18-15-17-12(9-23-15)24(4)21/h5-9H,1-4H3,(H,17,18,19). The van der Waals surface area contributed by atoms with E-state index in [2.05, 4.69) is 10.3 Å². The first-order chi connectivity index (χ1) is 11.2. The van der Waals surface area contributed by atoms with Crippen molar-refractivity contribution in [3.63, 3.8) is 0 Å². The number of nitrogens with one attached hydrogen (secondary N) is 1. The molecule has 0 fully saturated rings. The van der Waals surface area contributed by atoms with Crippen molar-refractivity contribution in [3.05, 3.63) is 35.2 Å². The molecule has 0 saturated carbocycles. The van der Waals surface area contributed by atoms with Gasteiger partial charge in [0.25, 0.3) is 10.9 Å². The maximum atomic E-state index is 12.2. The molecule has 1 aromatic carbocycles. The quantitative estimate of drug-likeness (QED) is 0.510. The van der Waals surface area contributed by atoms with Gasteiger partial charge < -0.3 is 9.29 Å². The Balaban J connectivity index is 2.01. The van der Waals surface area contributed by atoms with Crippen LogP contribution in [0, 0.1) is 5.41 Å². The molecule has 1 amide bonds. The second kappa shape index (κ2) is 7.33. The lowest BCUT2D eigenvalue weighted by atomic mass is 9.97. The zero-order valence-electron chi connectivity index (χ0n) is 13.8. The van der Waals surface area contributed by atoms with Crippen LogP contribution in [0.2, 0.25) is 0 Å². The van der Waals surface area contributed by atoms with E-state index in [4.69, 9.17) is 4.74 Å². The van der Waals surface area contributed by atoms with Gasteiger partial charge in [0.05, 0.1) is 10.8 Å². The van der Waals surface area contributed by atoms with E-state index in [0.717, 1.165) is 0 Å². The summed E-state index contributed by atoms with van der Waals surface area (Å²) in [5, 5.41) is 5.10. The van der Waals surface area contributed by atoms with Crippen LogP contribution in [0.25, 0.3) is 0 Å². The van der Waals surface area contributed by atoms with Gasteiger partial charge >= 0.3 is 5.97 Å². The lowest BCUT2D eigenvalue weighted by Gasteiger charge is -2.16. The molecule has 1 aromatic heterocycles. The van der Waals surface area contributed by atoms with Crippen molar-refractivity contribution >= 4 is 39.5 Å². The van der Waals surface area contributed by atoms with E-state index in [1.807, 2.05) is 0 Å². The van der Waals surface area contributed by atoms with Gasteiger partial charge in [-0.15, -0.1) is 0 Å². The molecule has 0 bridgehead atoms. The van der Waals surface area contributed by atoms with Gasteiger partial charge in [-0.3, -0.25) is 14.9 Å². The molecule has 0 radical (unpaired) electrons. The molecule has 2 rings (SSSR count). The van der Waals surface area contributed by atoms with Crippen molar-refractivity contribution in [1.82, 2.24) is 4.98 Å². The maximum absolute atomic E-state index is 12.2. The molecule has 0 aliphatic heterocycles. The molecule has 0 aliphatic rings. The minimum absolute atomic E-state index is 0.341. The number of anilines is 1. The van der Waals surface area contributed by atoms with Gasteiger partial charge in [-0.25, -0.2) is 0 Å². The van der Waals surface area contributed by atoms with Crippen molar-refractivity contribution in [2.45, 2.75) is 25.8 Å². The molecule has 1 atom stereocenters.